The fourth-order valence-electron chi connectivity index (χ4n) is 2.13. The molecule has 90 valence electrons. The molecule has 0 N–H and O–H groups in total. The Morgan fingerprint density at radius 2 is 2.00 bits per heavy atom. The molecule has 2 amide bonds. The van der Waals surface area contributed by atoms with Crippen LogP contribution in [0.15, 0.2) is 30.3 Å². The number of nitrogens with zero attached hydrogens (tertiary/aromatic N) is 2. The van der Waals surface area contributed by atoms with Crippen LogP contribution in [0.1, 0.15) is 17.3 Å². The number of benzene rings is 1. The SMILES string of the molecule is CC1CN(C=O)CCN1C(=O)c1ccccc1. The van der Waals surface area contributed by atoms with E-state index in [-0.39, 0.29) is 11.9 Å². The Bertz CT molecular complexity index is 405. The van der Waals surface area contributed by atoms with Crippen LogP contribution in [0.5, 0.6) is 0 Å². The van der Waals surface area contributed by atoms with Crippen LogP contribution in [0.2, 0.25) is 0 Å². The third-order valence-corrected chi connectivity index (χ3v) is 3.09. The van der Waals surface area contributed by atoms with Gasteiger partial charge in [0.2, 0.25) is 6.41 Å². The number of amides is 2. The number of hydrogen-bond acceptors (Lipinski definition) is 2. The van der Waals surface area contributed by atoms with Gasteiger partial charge < -0.3 is 9.80 Å². The van der Waals surface area contributed by atoms with E-state index in [1.165, 1.54) is 0 Å². The maximum Gasteiger partial charge on any atom is 0.254 e. The summed E-state index contributed by atoms with van der Waals surface area (Å²) in [5.41, 5.74) is 0.707. The van der Waals surface area contributed by atoms with Crippen LogP contribution in [0.4, 0.5) is 0 Å². The Kier molecular flexibility index (Phi) is 3.42. The second-order valence-electron chi connectivity index (χ2n) is 4.31. The third kappa shape index (κ3) is 2.46. The van der Waals surface area contributed by atoms with Crippen LogP contribution in [0, 0.1) is 0 Å². The van der Waals surface area contributed by atoms with Gasteiger partial charge in [-0.2, -0.15) is 0 Å². The highest BCUT2D eigenvalue weighted by Crippen LogP contribution is 2.12. The van der Waals surface area contributed by atoms with Gasteiger partial charge in [0.1, 0.15) is 0 Å². The minimum absolute atomic E-state index is 0.0450. The van der Waals surface area contributed by atoms with Crippen molar-refractivity contribution in [3.63, 3.8) is 0 Å². The zero-order chi connectivity index (χ0) is 12.3. The quantitative estimate of drug-likeness (QED) is 0.713. The molecule has 1 heterocycles. The largest absolute Gasteiger partial charge is 0.341 e. The van der Waals surface area contributed by atoms with E-state index in [0.717, 1.165) is 6.41 Å². The molecule has 4 heteroatoms. The second-order valence-corrected chi connectivity index (χ2v) is 4.31. The summed E-state index contributed by atoms with van der Waals surface area (Å²) in [6.07, 6.45) is 0.848. The predicted molar refractivity (Wildman–Crippen MR) is 64.6 cm³/mol. The molecule has 17 heavy (non-hydrogen) atoms. The summed E-state index contributed by atoms with van der Waals surface area (Å²) in [4.78, 5) is 26.4. The van der Waals surface area contributed by atoms with Crippen LogP contribution in [0.25, 0.3) is 0 Å². The van der Waals surface area contributed by atoms with Gasteiger partial charge in [-0.3, -0.25) is 9.59 Å². The zero-order valence-corrected chi connectivity index (χ0v) is 9.87. The molecule has 1 unspecified atom stereocenters. The molecule has 0 radical (unpaired) electrons. The standard InChI is InChI=1S/C13H16N2O2/c1-11-9-14(10-16)7-8-15(11)13(17)12-5-3-2-4-6-12/h2-6,10-11H,7-9H2,1H3. The predicted octanol–water partition coefficient (Wildman–Crippen LogP) is 0.989. The maximum absolute atomic E-state index is 12.2. The number of carbonyl (C=O) groups excluding carboxylic acids is 2. The third-order valence-electron chi connectivity index (χ3n) is 3.09. The molecular formula is C13H16N2O2. The molecule has 1 aliphatic heterocycles. The lowest BCUT2D eigenvalue weighted by Gasteiger charge is -2.38. The lowest BCUT2D eigenvalue weighted by molar-refractivity contribution is -0.120. The van der Waals surface area contributed by atoms with E-state index in [1.54, 1.807) is 4.90 Å². The molecule has 4 nitrogen and oxygen atoms in total. The van der Waals surface area contributed by atoms with Crippen LogP contribution in [0.3, 0.4) is 0 Å². The highest BCUT2D eigenvalue weighted by molar-refractivity contribution is 5.94. The van der Waals surface area contributed by atoms with E-state index in [4.69, 9.17) is 0 Å². The minimum Gasteiger partial charge on any atom is -0.341 e. The van der Waals surface area contributed by atoms with E-state index in [9.17, 15) is 9.59 Å². The number of hydrogen-bond donors (Lipinski definition) is 0. The Hall–Kier alpha value is -1.84. The van der Waals surface area contributed by atoms with Crippen molar-refractivity contribution in [3.05, 3.63) is 35.9 Å². The first-order chi connectivity index (χ1) is 8.22. The summed E-state index contributed by atoms with van der Waals surface area (Å²) in [6, 6.07) is 9.33. The smallest absolute Gasteiger partial charge is 0.254 e. The van der Waals surface area contributed by atoms with Crippen molar-refractivity contribution >= 4 is 12.3 Å². The molecule has 1 saturated heterocycles. The number of rotatable bonds is 2. The van der Waals surface area contributed by atoms with Crippen molar-refractivity contribution in [2.24, 2.45) is 0 Å². The van der Waals surface area contributed by atoms with Crippen molar-refractivity contribution in [2.75, 3.05) is 19.6 Å². The molecule has 2 rings (SSSR count). The van der Waals surface area contributed by atoms with Gasteiger partial charge in [0.05, 0.1) is 0 Å². The van der Waals surface area contributed by atoms with Gasteiger partial charge in [-0.05, 0) is 19.1 Å². The van der Waals surface area contributed by atoms with Crippen LogP contribution < -0.4 is 0 Å². The van der Waals surface area contributed by atoms with Crippen molar-refractivity contribution in [1.82, 2.24) is 9.80 Å². The van der Waals surface area contributed by atoms with E-state index in [2.05, 4.69) is 0 Å². The average Bonchev–Trinajstić information content (AvgIpc) is 2.39. The molecule has 0 aliphatic carbocycles. The molecule has 1 aliphatic rings. The van der Waals surface area contributed by atoms with Crippen molar-refractivity contribution in [3.8, 4) is 0 Å². The monoisotopic (exact) mass is 232 g/mol. The Balaban J connectivity index is 2.09. The molecule has 1 aromatic carbocycles. The van der Waals surface area contributed by atoms with E-state index in [1.807, 2.05) is 42.2 Å². The normalized spacial score (nSPS) is 20.2. The van der Waals surface area contributed by atoms with Gasteiger partial charge in [0.15, 0.2) is 0 Å². The average molecular weight is 232 g/mol. The van der Waals surface area contributed by atoms with Crippen LogP contribution >= 0.6 is 0 Å². The van der Waals surface area contributed by atoms with Gasteiger partial charge in [-0.15, -0.1) is 0 Å². The molecule has 1 aromatic rings. The van der Waals surface area contributed by atoms with Gasteiger partial charge in [0, 0.05) is 31.2 Å². The van der Waals surface area contributed by atoms with E-state index in [0.29, 0.717) is 25.2 Å². The van der Waals surface area contributed by atoms with Crippen LogP contribution in [-0.4, -0.2) is 47.8 Å². The first kappa shape index (κ1) is 11.6. The summed E-state index contributed by atoms with van der Waals surface area (Å²) in [5.74, 6) is 0.0450. The highest BCUT2D eigenvalue weighted by Gasteiger charge is 2.27. The zero-order valence-electron chi connectivity index (χ0n) is 9.87. The highest BCUT2D eigenvalue weighted by atomic mass is 16.2. The number of piperazine rings is 1. The van der Waals surface area contributed by atoms with Gasteiger partial charge in [-0.25, -0.2) is 0 Å². The molecule has 1 fully saturated rings. The fraction of sp³-hybridized carbons (Fsp3) is 0.385. The number of carbonyl (C=O) groups is 2. The first-order valence-electron chi connectivity index (χ1n) is 5.77. The van der Waals surface area contributed by atoms with Crippen molar-refractivity contribution < 1.29 is 9.59 Å². The fourth-order valence-corrected chi connectivity index (χ4v) is 2.13. The maximum atomic E-state index is 12.2. The molecule has 0 saturated carbocycles. The second kappa shape index (κ2) is 4.99. The topological polar surface area (TPSA) is 40.6 Å². The minimum atomic E-state index is 0.0450. The van der Waals surface area contributed by atoms with Crippen molar-refractivity contribution in [1.29, 1.82) is 0 Å². The van der Waals surface area contributed by atoms with Gasteiger partial charge in [0.25, 0.3) is 5.91 Å². The summed E-state index contributed by atoms with van der Waals surface area (Å²) in [7, 11) is 0. The summed E-state index contributed by atoms with van der Waals surface area (Å²) in [5, 5.41) is 0. The van der Waals surface area contributed by atoms with E-state index >= 15 is 0 Å². The summed E-state index contributed by atoms with van der Waals surface area (Å²) in [6.45, 7) is 3.80. The Morgan fingerprint density at radius 1 is 1.29 bits per heavy atom. The summed E-state index contributed by atoms with van der Waals surface area (Å²) >= 11 is 0. The van der Waals surface area contributed by atoms with Crippen molar-refractivity contribution in [2.45, 2.75) is 13.0 Å². The lowest BCUT2D eigenvalue weighted by atomic mass is 10.1. The van der Waals surface area contributed by atoms with Gasteiger partial charge >= 0.3 is 0 Å². The molecule has 0 spiro atoms. The molecular weight excluding hydrogens is 216 g/mol. The van der Waals surface area contributed by atoms with E-state index < -0.39 is 0 Å². The van der Waals surface area contributed by atoms with Crippen LogP contribution in [-0.2, 0) is 4.79 Å². The molecule has 0 aromatic heterocycles. The molecule has 0 bridgehead atoms. The lowest BCUT2D eigenvalue weighted by Crippen LogP contribution is -2.53. The Labute approximate surface area is 101 Å². The summed E-state index contributed by atoms with van der Waals surface area (Å²) < 4.78 is 0. The van der Waals surface area contributed by atoms with Gasteiger partial charge in [-0.1, -0.05) is 18.2 Å². The molecule has 1 atom stereocenters. The Morgan fingerprint density at radius 3 is 2.59 bits per heavy atom. The first-order valence-corrected chi connectivity index (χ1v) is 5.77.